The SMILES string of the molecule is Cc1ccc(C)c(N2CC=C[C@]34O[C@]5(C)/C=C\CCCCOC(=O)[C@@H]5[C@H]3C(=O)N([C@@H](CO)Cc3ccccc3)C4C2=O)c1. The summed E-state index contributed by atoms with van der Waals surface area (Å²) in [6.07, 6.45) is 10.3. The monoisotopic (exact) mass is 584 g/mol. The van der Waals surface area contributed by atoms with Crippen LogP contribution in [0.15, 0.2) is 72.8 Å². The Balaban J connectivity index is 1.51. The van der Waals surface area contributed by atoms with E-state index in [4.69, 9.17) is 9.47 Å². The first-order valence-corrected chi connectivity index (χ1v) is 15.3. The van der Waals surface area contributed by atoms with Gasteiger partial charge in [0.25, 0.3) is 5.91 Å². The highest BCUT2D eigenvalue weighted by Crippen LogP contribution is 2.57. The van der Waals surface area contributed by atoms with Gasteiger partial charge in [0, 0.05) is 12.2 Å². The fourth-order valence-corrected chi connectivity index (χ4v) is 7.49. The first-order valence-electron chi connectivity index (χ1n) is 15.3. The van der Waals surface area contributed by atoms with Crippen molar-refractivity contribution in [3.8, 4) is 0 Å². The van der Waals surface area contributed by atoms with Crippen molar-refractivity contribution in [2.24, 2.45) is 11.8 Å². The predicted octanol–water partition coefficient (Wildman–Crippen LogP) is 4.06. The van der Waals surface area contributed by atoms with Gasteiger partial charge in [-0.25, -0.2) is 0 Å². The molecule has 0 saturated carbocycles. The lowest BCUT2D eigenvalue weighted by molar-refractivity contribution is -0.160. The van der Waals surface area contributed by atoms with E-state index in [0.29, 0.717) is 6.42 Å². The van der Waals surface area contributed by atoms with Crippen LogP contribution < -0.4 is 4.90 Å². The van der Waals surface area contributed by atoms with Gasteiger partial charge >= 0.3 is 5.97 Å². The number of nitrogens with zero attached hydrogens (tertiary/aromatic N) is 2. The Morgan fingerprint density at radius 1 is 0.977 bits per heavy atom. The van der Waals surface area contributed by atoms with Gasteiger partial charge in [0.15, 0.2) is 0 Å². The number of amides is 2. The number of rotatable bonds is 5. The molecule has 0 aliphatic carbocycles. The molecule has 1 N–H and O–H groups in total. The molecule has 2 saturated heterocycles. The minimum Gasteiger partial charge on any atom is -0.465 e. The lowest BCUT2D eigenvalue weighted by Gasteiger charge is -2.40. The summed E-state index contributed by atoms with van der Waals surface area (Å²) in [6, 6.07) is 13.8. The number of anilines is 1. The minimum atomic E-state index is -1.43. The molecule has 0 radical (unpaired) electrons. The second-order valence-electron chi connectivity index (χ2n) is 12.5. The number of benzene rings is 2. The molecule has 0 bridgehead atoms. The zero-order valence-corrected chi connectivity index (χ0v) is 25.1. The van der Waals surface area contributed by atoms with Gasteiger partial charge in [-0.1, -0.05) is 66.8 Å². The second kappa shape index (κ2) is 11.4. The number of ether oxygens (including phenoxy) is 2. The first kappa shape index (κ1) is 29.3. The Labute approximate surface area is 253 Å². The van der Waals surface area contributed by atoms with E-state index in [0.717, 1.165) is 41.6 Å². The van der Waals surface area contributed by atoms with E-state index in [1.165, 1.54) is 4.90 Å². The van der Waals surface area contributed by atoms with Gasteiger partial charge in [0.2, 0.25) is 5.91 Å². The molecular weight excluding hydrogens is 544 g/mol. The van der Waals surface area contributed by atoms with Gasteiger partial charge in [-0.3, -0.25) is 14.4 Å². The van der Waals surface area contributed by atoms with Crippen LogP contribution in [0.4, 0.5) is 5.69 Å². The maximum absolute atomic E-state index is 14.9. The molecule has 1 spiro atoms. The maximum Gasteiger partial charge on any atom is 0.313 e. The molecule has 6 atom stereocenters. The second-order valence-corrected chi connectivity index (χ2v) is 12.5. The highest BCUT2D eigenvalue weighted by molar-refractivity contribution is 6.06. The molecule has 0 aromatic heterocycles. The number of aliphatic hydroxyl groups is 1. The number of esters is 1. The van der Waals surface area contributed by atoms with Crippen molar-refractivity contribution in [1.29, 1.82) is 0 Å². The summed E-state index contributed by atoms with van der Waals surface area (Å²) in [6.45, 7) is 5.95. The quantitative estimate of drug-likeness (QED) is 0.421. The Bertz CT molecular complexity index is 1470. The summed E-state index contributed by atoms with van der Waals surface area (Å²) >= 11 is 0. The first-order chi connectivity index (χ1) is 20.7. The predicted molar refractivity (Wildman–Crippen MR) is 162 cm³/mol. The topological polar surface area (TPSA) is 96.4 Å². The van der Waals surface area contributed by atoms with E-state index in [1.807, 2.05) is 93.6 Å². The smallest absolute Gasteiger partial charge is 0.313 e. The summed E-state index contributed by atoms with van der Waals surface area (Å²) in [5.74, 6) is -3.13. The molecule has 6 rings (SSSR count). The van der Waals surface area contributed by atoms with Crippen molar-refractivity contribution in [2.45, 2.75) is 69.7 Å². The highest BCUT2D eigenvalue weighted by atomic mass is 16.6. The van der Waals surface area contributed by atoms with Crippen LogP contribution in [-0.2, 0) is 30.3 Å². The summed E-state index contributed by atoms with van der Waals surface area (Å²) < 4.78 is 12.7. The third-order valence-corrected chi connectivity index (χ3v) is 9.51. The molecule has 2 fully saturated rings. The molecule has 8 heteroatoms. The fraction of sp³-hybridized carbons (Fsp3) is 0.457. The molecule has 1 unspecified atom stereocenters. The lowest BCUT2D eigenvalue weighted by atomic mass is 9.74. The number of aryl methyl sites for hydroxylation is 2. The van der Waals surface area contributed by atoms with E-state index < -0.39 is 41.1 Å². The average Bonchev–Trinajstić information content (AvgIpc) is 3.33. The van der Waals surface area contributed by atoms with Crippen molar-refractivity contribution in [3.05, 3.63) is 89.5 Å². The molecule has 8 nitrogen and oxygen atoms in total. The van der Waals surface area contributed by atoms with Gasteiger partial charge in [-0.2, -0.15) is 0 Å². The summed E-state index contributed by atoms with van der Waals surface area (Å²) in [5.41, 5.74) is 1.03. The van der Waals surface area contributed by atoms with Crippen molar-refractivity contribution >= 4 is 23.5 Å². The molecule has 4 aliphatic heterocycles. The van der Waals surface area contributed by atoms with E-state index in [-0.39, 0.29) is 31.6 Å². The van der Waals surface area contributed by atoms with Crippen LogP contribution in [-0.4, -0.2) is 70.8 Å². The summed E-state index contributed by atoms with van der Waals surface area (Å²) in [5, 5.41) is 10.7. The van der Waals surface area contributed by atoms with Gasteiger partial charge in [-0.05, 0) is 69.2 Å². The number of likely N-dealkylation sites (tertiary alicyclic amines) is 1. The lowest BCUT2D eigenvalue weighted by Crippen LogP contribution is -2.59. The van der Waals surface area contributed by atoms with E-state index >= 15 is 0 Å². The molecule has 4 aliphatic rings. The van der Waals surface area contributed by atoms with Gasteiger partial charge in [0.1, 0.15) is 17.6 Å². The summed E-state index contributed by atoms with van der Waals surface area (Å²) in [7, 11) is 0. The third-order valence-electron chi connectivity index (χ3n) is 9.51. The normalized spacial score (nSPS) is 32.0. The fourth-order valence-electron chi connectivity index (χ4n) is 7.49. The molecule has 2 amide bonds. The van der Waals surface area contributed by atoms with E-state index in [9.17, 15) is 19.5 Å². The zero-order chi connectivity index (χ0) is 30.4. The number of aliphatic hydroxyl groups excluding tert-OH is 1. The average molecular weight is 585 g/mol. The molecule has 2 aromatic carbocycles. The number of allylic oxidation sites excluding steroid dienone is 1. The van der Waals surface area contributed by atoms with Crippen LogP contribution in [0.1, 0.15) is 42.9 Å². The molecule has 2 aromatic rings. The van der Waals surface area contributed by atoms with Crippen molar-refractivity contribution < 1.29 is 29.0 Å². The van der Waals surface area contributed by atoms with Gasteiger partial charge < -0.3 is 24.4 Å². The number of cyclic esters (lactones) is 1. The van der Waals surface area contributed by atoms with E-state index in [1.54, 1.807) is 4.90 Å². The van der Waals surface area contributed by atoms with Crippen LogP contribution in [0, 0.1) is 25.7 Å². The highest BCUT2D eigenvalue weighted by Gasteiger charge is 2.75. The minimum absolute atomic E-state index is 0.267. The molecule has 4 heterocycles. The molecular formula is C35H40N2O6. The molecule has 43 heavy (non-hydrogen) atoms. The van der Waals surface area contributed by atoms with Crippen LogP contribution in [0.3, 0.4) is 0 Å². The zero-order valence-electron chi connectivity index (χ0n) is 25.1. The number of carbonyl (C=O) groups excluding carboxylic acids is 3. The van der Waals surface area contributed by atoms with Crippen molar-refractivity contribution in [2.75, 3.05) is 24.7 Å². The molecule has 226 valence electrons. The maximum atomic E-state index is 14.9. The Morgan fingerprint density at radius 2 is 1.77 bits per heavy atom. The number of hydrogen-bond donors (Lipinski definition) is 1. The third kappa shape index (κ3) is 4.90. The number of hydrogen-bond acceptors (Lipinski definition) is 6. The standard InChI is InChI=1S/C35H40N2O6/c1-23-14-15-24(2)27(20-23)36-18-11-17-35-28(29-33(41)42-19-10-5-4-9-16-34(29,3)43-35)31(39)37(30(35)32(36)40)26(22-38)21-25-12-7-6-8-13-25/h6-9,11-17,20,26,28-30,38H,4-5,10,18-19,21-22H2,1-3H3/b16-9-/t26-,28+,29+,30?,34-,35+/m1/s1. The van der Waals surface area contributed by atoms with Crippen molar-refractivity contribution in [3.63, 3.8) is 0 Å². The van der Waals surface area contributed by atoms with Crippen LogP contribution >= 0.6 is 0 Å². The number of fused-ring (bicyclic) bond motifs is 2. The largest absolute Gasteiger partial charge is 0.465 e. The Morgan fingerprint density at radius 3 is 2.53 bits per heavy atom. The number of carbonyl (C=O) groups is 3. The van der Waals surface area contributed by atoms with Gasteiger partial charge in [-0.15, -0.1) is 0 Å². The van der Waals surface area contributed by atoms with Crippen molar-refractivity contribution in [1.82, 2.24) is 4.90 Å². The van der Waals surface area contributed by atoms with E-state index in [2.05, 4.69) is 0 Å². The summed E-state index contributed by atoms with van der Waals surface area (Å²) in [4.78, 5) is 46.6. The van der Waals surface area contributed by atoms with Crippen LogP contribution in [0.25, 0.3) is 0 Å². The van der Waals surface area contributed by atoms with Crippen LogP contribution in [0.5, 0.6) is 0 Å². The van der Waals surface area contributed by atoms with Gasteiger partial charge in [0.05, 0.1) is 30.8 Å². The Hall–Kier alpha value is -3.75. The Kier molecular flexibility index (Phi) is 7.77. The van der Waals surface area contributed by atoms with Crippen LogP contribution in [0.2, 0.25) is 0 Å².